The van der Waals surface area contributed by atoms with Crippen molar-refractivity contribution in [2.45, 2.75) is 56.7 Å². The number of nitrogens with zero attached hydrogens (tertiary/aromatic N) is 1. The van der Waals surface area contributed by atoms with E-state index in [1.54, 1.807) is 4.31 Å². The van der Waals surface area contributed by atoms with Crippen LogP contribution in [0.25, 0.3) is 0 Å². The van der Waals surface area contributed by atoms with Crippen molar-refractivity contribution in [2.24, 2.45) is 11.7 Å². The molecule has 3 aliphatic rings. The number of nitrogens with two attached hydrogens (primary N) is 1. The molecular formula is C13H24N2O3S. The molecule has 0 aromatic carbocycles. The molecule has 6 heteroatoms. The van der Waals surface area contributed by atoms with Crippen molar-refractivity contribution in [1.29, 1.82) is 0 Å². The molecule has 3 aliphatic heterocycles. The first-order valence-electron chi connectivity index (χ1n) is 7.42. The zero-order valence-corrected chi connectivity index (χ0v) is 12.1. The fraction of sp³-hybridized carbons (Fsp3) is 1.00. The van der Waals surface area contributed by atoms with Gasteiger partial charge < -0.3 is 10.5 Å². The second kappa shape index (κ2) is 5.31. The molecule has 0 amide bonds. The average Bonchev–Trinajstić information content (AvgIpc) is 3.00. The van der Waals surface area contributed by atoms with Crippen molar-refractivity contribution < 1.29 is 13.2 Å². The van der Waals surface area contributed by atoms with Gasteiger partial charge in [0.1, 0.15) is 0 Å². The van der Waals surface area contributed by atoms with Crippen molar-refractivity contribution in [3.63, 3.8) is 0 Å². The molecule has 2 bridgehead atoms. The lowest BCUT2D eigenvalue weighted by molar-refractivity contribution is 0.0475. The molecule has 5 nitrogen and oxygen atoms in total. The van der Waals surface area contributed by atoms with Crippen LogP contribution in [-0.2, 0) is 14.8 Å². The molecule has 2 N–H and O–H groups in total. The summed E-state index contributed by atoms with van der Waals surface area (Å²) in [5.74, 6) is 0.289. The number of rotatable bonds is 4. The Hall–Kier alpha value is -0.170. The zero-order valence-electron chi connectivity index (χ0n) is 11.3. The summed E-state index contributed by atoms with van der Waals surface area (Å²) in [6, 6.07) is 0.222. The smallest absolute Gasteiger partial charge is 0.216 e. The highest BCUT2D eigenvalue weighted by Crippen LogP contribution is 2.39. The number of hydrogen-bond acceptors (Lipinski definition) is 4. The minimum atomic E-state index is -3.19. The fourth-order valence-electron chi connectivity index (χ4n) is 3.89. The largest absolute Gasteiger partial charge is 0.381 e. The van der Waals surface area contributed by atoms with Gasteiger partial charge in [0, 0.05) is 24.7 Å². The summed E-state index contributed by atoms with van der Waals surface area (Å²) >= 11 is 0. The molecule has 0 aromatic rings. The molecule has 0 spiro atoms. The molecule has 0 aromatic heterocycles. The maximum absolute atomic E-state index is 12.6. The topological polar surface area (TPSA) is 72.6 Å². The zero-order chi connectivity index (χ0) is 13.5. The van der Waals surface area contributed by atoms with Crippen LogP contribution < -0.4 is 5.73 Å². The molecule has 110 valence electrons. The fourth-order valence-corrected chi connectivity index (χ4v) is 6.15. The van der Waals surface area contributed by atoms with Crippen LogP contribution in [0.2, 0.25) is 0 Å². The average molecular weight is 288 g/mol. The van der Waals surface area contributed by atoms with Crippen LogP contribution in [-0.4, -0.2) is 49.8 Å². The third-order valence-electron chi connectivity index (χ3n) is 4.91. The first kappa shape index (κ1) is 13.8. The summed E-state index contributed by atoms with van der Waals surface area (Å²) in [4.78, 5) is 0. The van der Waals surface area contributed by atoms with E-state index < -0.39 is 10.0 Å². The van der Waals surface area contributed by atoms with Crippen LogP contribution in [0.3, 0.4) is 0 Å². The molecule has 3 fully saturated rings. The predicted octanol–water partition coefficient (Wildman–Crippen LogP) is 0.697. The van der Waals surface area contributed by atoms with Gasteiger partial charge in [-0.15, -0.1) is 0 Å². The standard InChI is InChI=1S/C13H24N2O3S/c14-13(10-2-1-7-18-8-10)9-19(16,17)15-11-3-4-12(15)6-5-11/h10-13H,1-9,14H2. The van der Waals surface area contributed by atoms with E-state index in [9.17, 15) is 8.42 Å². The van der Waals surface area contributed by atoms with Crippen LogP contribution in [0.1, 0.15) is 38.5 Å². The first-order chi connectivity index (χ1) is 9.08. The minimum Gasteiger partial charge on any atom is -0.381 e. The molecule has 0 aliphatic carbocycles. The van der Waals surface area contributed by atoms with Crippen LogP contribution in [0.15, 0.2) is 0 Å². The maximum Gasteiger partial charge on any atom is 0.216 e. The SMILES string of the molecule is NC(CS(=O)(=O)N1C2CCC1CC2)C1CCCOC1. The van der Waals surface area contributed by atoms with E-state index in [4.69, 9.17) is 10.5 Å². The lowest BCUT2D eigenvalue weighted by atomic mass is 9.96. The van der Waals surface area contributed by atoms with E-state index in [1.165, 1.54) is 0 Å². The number of fused-ring (bicyclic) bond motifs is 2. The Morgan fingerprint density at radius 2 is 1.79 bits per heavy atom. The van der Waals surface area contributed by atoms with E-state index in [1.807, 2.05) is 0 Å². The highest BCUT2D eigenvalue weighted by molar-refractivity contribution is 7.89. The predicted molar refractivity (Wildman–Crippen MR) is 73.2 cm³/mol. The summed E-state index contributed by atoms with van der Waals surface area (Å²) in [6.07, 6.45) is 6.12. The van der Waals surface area contributed by atoms with Crippen molar-refractivity contribution in [3.05, 3.63) is 0 Å². The van der Waals surface area contributed by atoms with Gasteiger partial charge >= 0.3 is 0 Å². The molecule has 0 radical (unpaired) electrons. The summed E-state index contributed by atoms with van der Waals surface area (Å²) in [6.45, 7) is 1.40. The van der Waals surface area contributed by atoms with Gasteiger partial charge in [-0.25, -0.2) is 8.42 Å². The van der Waals surface area contributed by atoms with Gasteiger partial charge in [0.25, 0.3) is 0 Å². The van der Waals surface area contributed by atoms with Crippen molar-refractivity contribution in [2.75, 3.05) is 19.0 Å². The minimum absolute atomic E-state index is 0.0913. The van der Waals surface area contributed by atoms with Gasteiger partial charge in [-0.3, -0.25) is 0 Å². The maximum atomic E-state index is 12.6. The second-order valence-corrected chi connectivity index (χ2v) is 8.13. The molecule has 3 saturated heterocycles. The first-order valence-corrected chi connectivity index (χ1v) is 9.03. The second-order valence-electron chi connectivity index (χ2n) is 6.21. The molecule has 0 saturated carbocycles. The van der Waals surface area contributed by atoms with Crippen LogP contribution in [0.5, 0.6) is 0 Å². The molecule has 3 heterocycles. The lowest BCUT2D eigenvalue weighted by Gasteiger charge is -2.29. The Kier molecular flexibility index (Phi) is 3.86. The number of hydrogen-bond donors (Lipinski definition) is 1. The van der Waals surface area contributed by atoms with Gasteiger partial charge in [0.15, 0.2) is 0 Å². The quantitative estimate of drug-likeness (QED) is 0.826. The van der Waals surface area contributed by atoms with Gasteiger partial charge in [0.2, 0.25) is 10.0 Å². The summed E-state index contributed by atoms with van der Waals surface area (Å²) in [7, 11) is -3.19. The Bertz CT molecular complexity index is 400. The van der Waals surface area contributed by atoms with Crippen LogP contribution in [0, 0.1) is 5.92 Å². The van der Waals surface area contributed by atoms with Crippen molar-refractivity contribution in [1.82, 2.24) is 4.31 Å². The van der Waals surface area contributed by atoms with Gasteiger partial charge in [-0.05, 0) is 44.4 Å². The highest BCUT2D eigenvalue weighted by atomic mass is 32.2. The van der Waals surface area contributed by atoms with E-state index in [0.29, 0.717) is 6.61 Å². The molecule has 3 rings (SSSR count). The van der Waals surface area contributed by atoms with Crippen molar-refractivity contribution in [3.8, 4) is 0 Å². The van der Waals surface area contributed by atoms with Crippen LogP contribution >= 0.6 is 0 Å². The van der Waals surface area contributed by atoms with Crippen molar-refractivity contribution >= 4 is 10.0 Å². The van der Waals surface area contributed by atoms with E-state index >= 15 is 0 Å². The van der Waals surface area contributed by atoms with E-state index in [0.717, 1.165) is 45.1 Å². The molecular weight excluding hydrogens is 264 g/mol. The Labute approximate surface area is 115 Å². The Morgan fingerprint density at radius 1 is 1.16 bits per heavy atom. The number of sulfonamides is 1. The third-order valence-corrected chi connectivity index (χ3v) is 6.96. The van der Waals surface area contributed by atoms with Gasteiger partial charge in [0.05, 0.1) is 12.4 Å². The summed E-state index contributed by atoms with van der Waals surface area (Å²) in [5, 5.41) is 0. The number of ether oxygens (including phenoxy) is 1. The van der Waals surface area contributed by atoms with E-state index in [-0.39, 0.29) is 29.8 Å². The lowest BCUT2D eigenvalue weighted by Crippen LogP contribution is -2.46. The molecule has 19 heavy (non-hydrogen) atoms. The van der Waals surface area contributed by atoms with Gasteiger partial charge in [-0.1, -0.05) is 0 Å². The van der Waals surface area contributed by atoms with Gasteiger partial charge in [-0.2, -0.15) is 4.31 Å². The molecule has 2 unspecified atom stereocenters. The van der Waals surface area contributed by atoms with E-state index in [2.05, 4.69) is 0 Å². The monoisotopic (exact) mass is 288 g/mol. The Balaban J connectivity index is 1.64. The normalized spacial score (nSPS) is 37.6. The third kappa shape index (κ3) is 2.68. The summed E-state index contributed by atoms with van der Waals surface area (Å²) in [5.41, 5.74) is 6.13. The Morgan fingerprint density at radius 3 is 2.32 bits per heavy atom. The highest BCUT2D eigenvalue weighted by Gasteiger charge is 2.46. The molecule has 2 atom stereocenters. The summed E-state index contributed by atoms with van der Waals surface area (Å²) < 4.78 is 32.3. The van der Waals surface area contributed by atoms with Crippen LogP contribution in [0.4, 0.5) is 0 Å².